The van der Waals surface area contributed by atoms with Crippen molar-refractivity contribution in [3.8, 4) is 5.75 Å². The molecule has 1 saturated heterocycles. The van der Waals surface area contributed by atoms with Crippen molar-refractivity contribution in [1.82, 2.24) is 10.6 Å². The number of rotatable bonds is 3. The van der Waals surface area contributed by atoms with Crippen LogP contribution in [-0.2, 0) is 10.3 Å². The van der Waals surface area contributed by atoms with Crippen LogP contribution in [0.15, 0.2) is 24.3 Å². The summed E-state index contributed by atoms with van der Waals surface area (Å²) >= 11 is 0. The lowest BCUT2D eigenvalue weighted by molar-refractivity contribution is -0.126. The third kappa shape index (κ3) is 2.48. The Balaban J connectivity index is 2.24. The van der Waals surface area contributed by atoms with Gasteiger partial charge in [0.05, 0.1) is 6.61 Å². The molecule has 0 bridgehead atoms. The number of carbonyl (C=O) groups excluding carboxylic acids is 1. The summed E-state index contributed by atoms with van der Waals surface area (Å²) in [5.74, 6) is 0.864. The predicted octanol–water partition coefficient (Wildman–Crippen LogP) is 1.41. The first kappa shape index (κ1) is 12.9. The van der Waals surface area contributed by atoms with Crippen molar-refractivity contribution < 1.29 is 9.53 Å². The van der Waals surface area contributed by atoms with Crippen molar-refractivity contribution in [2.75, 3.05) is 19.7 Å². The first-order chi connectivity index (χ1) is 8.66. The predicted molar refractivity (Wildman–Crippen MR) is 70.6 cm³/mol. The minimum Gasteiger partial charge on any atom is -0.494 e. The van der Waals surface area contributed by atoms with Crippen molar-refractivity contribution in [2.24, 2.45) is 0 Å². The number of benzene rings is 1. The molecule has 1 aromatic rings. The topological polar surface area (TPSA) is 50.4 Å². The fourth-order valence-electron chi connectivity index (χ4n) is 2.17. The largest absolute Gasteiger partial charge is 0.494 e. The number of ether oxygens (including phenoxy) is 1. The van der Waals surface area contributed by atoms with Crippen LogP contribution < -0.4 is 15.4 Å². The molecule has 1 aromatic carbocycles. The van der Waals surface area contributed by atoms with E-state index in [2.05, 4.69) is 10.6 Å². The maximum atomic E-state index is 12.1. The van der Waals surface area contributed by atoms with Gasteiger partial charge in [0.25, 0.3) is 0 Å². The van der Waals surface area contributed by atoms with Gasteiger partial charge in [0.2, 0.25) is 5.91 Å². The average Bonchev–Trinajstić information content (AvgIpc) is 2.54. The fraction of sp³-hybridized carbons (Fsp3) is 0.500. The third-order valence-corrected chi connectivity index (χ3v) is 3.31. The van der Waals surface area contributed by atoms with Gasteiger partial charge in [0.15, 0.2) is 0 Å². The molecule has 18 heavy (non-hydrogen) atoms. The van der Waals surface area contributed by atoms with Crippen LogP contribution in [0.25, 0.3) is 0 Å². The molecule has 1 fully saturated rings. The lowest BCUT2D eigenvalue weighted by Crippen LogP contribution is -2.49. The van der Waals surface area contributed by atoms with Crippen molar-refractivity contribution >= 4 is 5.91 Å². The summed E-state index contributed by atoms with van der Waals surface area (Å²) in [5, 5.41) is 6.26. The Morgan fingerprint density at radius 2 is 2.00 bits per heavy atom. The minimum absolute atomic E-state index is 0.0316. The van der Waals surface area contributed by atoms with Crippen LogP contribution in [0, 0.1) is 0 Å². The SMILES string of the molecule is CCOc1ccc(C2(C)NCCCNC2=O)cc1. The van der Waals surface area contributed by atoms with E-state index in [1.54, 1.807) is 0 Å². The molecule has 1 atom stereocenters. The van der Waals surface area contributed by atoms with Crippen molar-refractivity contribution in [3.63, 3.8) is 0 Å². The molecule has 2 rings (SSSR count). The fourth-order valence-corrected chi connectivity index (χ4v) is 2.17. The summed E-state index contributed by atoms with van der Waals surface area (Å²) in [4.78, 5) is 12.1. The highest BCUT2D eigenvalue weighted by atomic mass is 16.5. The smallest absolute Gasteiger partial charge is 0.244 e. The standard InChI is InChI=1S/C14H20N2O2/c1-3-18-12-7-5-11(6-8-12)14(2)13(17)15-9-4-10-16-14/h5-8,16H,3-4,9-10H2,1-2H3,(H,15,17). The summed E-state index contributed by atoms with van der Waals surface area (Å²) in [6, 6.07) is 7.71. The van der Waals surface area contributed by atoms with Crippen LogP contribution in [0.5, 0.6) is 5.75 Å². The molecule has 1 aliphatic rings. The Morgan fingerprint density at radius 3 is 2.67 bits per heavy atom. The van der Waals surface area contributed by atoms with Crippen molar-refractivity contribution in [3.05, 3.63) is 29.8 Å². The van der Waals surface area contributed by atoms with E-state index in [0.717, 1.165) is 30.8 Å². The van der Waals surface area contributed by atoms with Crippen molar-refractivity contribution in [1.29, 1.82) is 0 Å². The van der Waals surface area contributed by atoms with Gasteiger partial charge in [-0.05, 0) is 44.5 Å². The maximum absolute atomic E-state index is 12.1. The zero-order chi connectivity index (χ0) is 13.0. The highest BCUT2D eigenvalue weighted by molar-refractivity contribution is 5.87. The van der Waals surface area contributed by atoms with E-state index in [4.69, 9.17) is 4.74 Å². The molecular weight excluding hydrogens is 228 g/mol. The molecule has 1 aliphatic heterocycles. The van der Waals surface area contributed by atoms with Crippen LogP contribution >= 0.6 is 0 Å². The van der Waals surface area contributed by atoms with E-state index in [1.807, 2.05) is 38.1 Å². The molecule has 2 N–H and O–H groups in total. The van der Waals surface area contributed by atoms with E-state index in [0.29, 0.717) is 6.61 Å². The molecule has 0 saturated carbocycles. The molecular formula is C14H20N2O2. The summed E-state index contributed by atoms with van der Waals surface area (Å²) in [6.45, 7) is 6.09. The molecule has 1 heterocycles. The van der Waals surface area contributed by atoms with E-state index in [9.17, 15) is 4.79 Å². The van der Waals surface area contributed by atoms with Crippen molar-refractivity contribution in [2.45, 2.75) is 25.8 Å². The van der Waals surface area contributed by atoms with Gasteiger partial charge >= 0.3 is 0 Å². The summed E-state index contributed by atoms with van der Waals surface area (Å²) < 4.78 is 5.41. The Kier molecular flexibility index (Phi) is 3.87. The normalized spacial score (nSPS) is 24.2. The van der Waals surface area contributed by atoms with Gasteiger partial charge in [-0.1, -0.05) is 12.1 Å². The lowest BCUT2D eigenvalue weighted by atomic mass is 9.91. The average molecular weight is 248 g/mol. The van der Waals surface area contributed by atoms with Gasteiger partial charge in [0, 0.05) is 6.54 Å². The number of amides is 1. The highest BCUT2D eigenvalue weighted by Gasteiger charge is 2.35. The van der Waals surface area contributed by atoms with Crippen LogP contribution in [0.3, 0.4) is 0 Å². The second-order valence-corrected chi connectivity index (χ2v) is 4.62. The molecule has 4 heteroatoms. The Morgan fingerprint density at radius 1 is 1.28 bits per heavy atom. The molecule has 1 amide bonds. The number of hydrogen-bond donors (Lipinski definition) is 2. The van der Waals surface area contributed by atoms with Crippen LogP contribution in [0.4, 0.5) is 0 Å². The summed E-state index contributed by atoms with van der Waals surface area (Å²) in [7, 11) is 0. The molecule has 98 valence electrons. The second kappa shape index (κ2) is 5.40. The number of hydrogen-bond acceptors (Lipinski definition) is 3. The van der Waals surface area contributed by atoms with Gasteiger partial charge in [-0.2, -0.15) is 0 Å². The summed E-state index contributed by atoms with van der Waals surface area (Å²) in [5.41, 5.74) is 0.312. The van der Waals surface area contributed by atoms with E-state index in [-0.39, 0.29) is 5.91 Å². The molecule has 0 radical (unpaired) electrons. The first-order valence-corrected chi connectivity index (χ1v) is 6.43. The second-order valence-electron chi connectivity index (χ2n) is 4.62. The Labute approximate surface area is 108 Å². The van der Waals surface area contributed by atoms with Crippen LogP contribution in [0.1, 0.15) is 25.8 Å². The van der Waals surface area contributed by atoms with Crippen LogP contribution in [-0.4, -0.2) is 25.6 Å². The Hall–Kier alpha value is -1.55. The number of nitrogens with one attached hydrogen (secondary N) is 2. The van der Waals surface area contributed by atoms with Crippen LogP contribution in [0.2, 0.25) is 0 Å². The minimum atomic E-state index is -0.652. The zero-order valence-electron chi connectivity index (χ0n) is 11.0. The zero-order valence-corrected chi connectivity index (χ0v) is 11.0. The van der Waals surface area contributed by atoms with Gasteiger partial charge in [-0.3, -0.25) is 10.1 Å². The van der Waals surface area contributed by atoms with E-state index < -0.39 is 5.54 Å². The van der Waals surface area contributed by atoms with Gasteiger partial charge in [-0.15, -0.1) is 0 Å². The molecule has 0 spiro atoms. The maximum Gasteiger partial charge on any atom is 0.244 e. The van der Waals surface area contributed by atoms with E-state index >= 15 is 0 Å². The van der Waals surface area contributed by atoms with Gasteiger partial charge in [0.1, 0.15) is 11.3 Å². The lowest BCUT2D eigenvalue weighted by Gasteiger charge is -2.28. The van der Waals surface area contributed by atoms with Gasteiger partial charge < -0.3 is 10.1 Å². The van der Waals surface area contributed by atoms with Gasteiger partial charge in [-0.25, -0.2) is 0 Å². The molecule has 0 aliphatic carbocycles. The monoisotopic (exact) mass is 248 g/mol. The first-order valence-electron chi connectivity index (χ1n) is 6.43. The quantitative estimate of drug-likeness (QED) is 0.850. The highest BCUT2D eigenvalue weighted by Crippen LogP contribution is 2.24. The molecule has 0 aromatic heterocycles. The summed E-state index contributed by atoms with van der Waals surface area (Å²) in [6.07, 6.45) is 0.957. The molecule has 1 unspecified atom stereocenters. The third-order valence-electron chi connectivity index (χ3n) is 3.31. The molecule has 4 nitrogen and oxygen atoms in total. The Bertz CT molecular complexity index is 416. The van der Waals surface area contributed by atoms with E-state index in [1.165, 1.54) is 0 Å². The number of carbonyl (C=O) groups is 1.